The summed E-state index contributed by atoms with van der Waals surface area (Å²) < 4.78 is 5.92. The molecule has 3 rings (SSSR count). The first-order valence-corrected chi connectivity index (χ1v) is 8.49. The molecule has 1 aromatic rings. The number of carbonyl (C=O) groups is 1. The Balaban J connectivity index is 0.00000192. The zero-order valence-electron chi connectivity index (χ0n) is 13.5. The van der Waals surface area contributed by atoms with Crippen molar-refractivity contribution >= 4 is 18.3 Å². The lowest BCUT2D eigenvalue weighted by Gasteiger charge is -2.32. The van der Waals surface area contributed by atoms with Crippen LogP contribution in [-0.4, -0.2) is 32.1 Å². The van der Waals surface area contributed by atoms with Crippen LogP contribution in [0, 0.1) is 11.8 Å². The molecular weight excluding hydrogens is 312 g/mol. The van der Waals surface area contributed by atoms with E-state index in [0.29, 0.717) is 5.92 Å². The summed E-state index contributed by atoms with van der Waals surface area (Å²) >= 11 is 0. The normalized spacial score (nSPS) is 27.7. The van der Waals surface area contributed by atoms with Crippen molar-refractivity contribution in [1.82, 2.24) is 10.6 Å². The van der Waals surface area contributed by atoms with E-state index in [1.165, 1.54) is 12.8 Å². The van der Waals surface area contributed by atoms with E-state index in [4.69, 9.17) is 4.74 Å². The molecule has 0 aliphatic carbocycles. The Morgan fingerprint density at radius 1 is 1.22 bits per heavy atom. The van der Waals surface area contributed by atoms with Gasteiger partial charge < -0.3 is 15.4 Å². The maximum absolute atomic E-state index is 12.6. The molecule has 2 N–H and O–H groups in total. The first-order valence-electron chi connectivity index (χ1n) is 8.49. The van der Waals surface area contributed by atoms with Crippen molar-refractivity contribution in [2.24, 2.45) is 11.8 Å². The molecule has 2 heterocycles. The molecule has 2 saturated heterocycles. The summed E-state index contributed by atoms with van der Waals surface area (Å²) in [7, 11) is 0. The van der Waals surface area contributed by atoms with Gasteiger partial charge in [-0.2, -0.15) is 0 Å². The highest BCUT2D eigenvalue weighted by Crippen LogP contribution is 2.33. The van der Waals surface area contributed by atoms with Crippen LogP contribution < -0.4 is 10.6 Å². The van der Waals surface area contributed by atoms with Crippen molar-refractivity contribution in [2.45, 2.75) is 31.8 Å². The van der Waals surface area contributed by atoms with Crippen molar-refractivity contribution in [3.63, 3.8) is 0 Å². The second-order valence-corrected chi connectivity index (χ2v) is 6.41. The number of hydrogen-bond acceptors (Lipinski definition) is 3. The van der Waals surface area contributed by atoms with Crippen LogP contribution in [0.5, 0.6) is 0 Å². The van der Waals surface area contributed by atoms with Gasteiger partial charge in [0.2, 0.25) is 5.91 Å². The molecule has 23 heavy (non-hydrogen) atoms. The monoisotopic (exact) mass is 338 g/mol. The minimum atomic E-state index is -0.0977. The lowest BCUT2D eigenvalue weighted by molar-refractivity contribution is -0.134. The van der Waals surface area contributed by atoms with Gasteiger partial charge in [0.25, 0.3) is 0 Å². The quantitative estimate of drug-likeness (QED) is 0.887. The maximum Gasteiger partial charge on any atom is 0.226 e. The number of rotatable bonds is 4. The summed E-state index contributed by atoms with van der Waals surface area (Å²) in [6.07, 6.45) is 4.19. The number of nitrogens with one attached hydrogen (secondary N) is 2. The van der Waals surface area contributed by atoms with Crippen molar-refractivity contribution in [1.29, 1.82) is 0 Å². The second kappa shape index (κ2) is 9.26. The van der Waals surface area contributed by atoms with E-state index in [1.54, 1.807) is 0 Å². The second-order valence-electron chi connectivity index (χ2n) is 6.41. The molecule has 128 valence electrons. The lowest BCUT2D eigenvalue weighted by atomic mass is 9.88. The van der Waals surface area contributed by atoms with Gasteiger partial charge in [-0.3, -0.25) is 4.79 Å². The number of amides is 1. The van der Waals surface area contributed by atoms with E-state index in [0.717, 1.165) is 44.6 Å². The Morgan fingerprint density at radius 3 is 2.78 bits per heavy atom. The number of halogens is 1. The topological polar surface area (TPSA) is 50.4 Å². The van der Waals surface area contributed by atoms with Gasteiger partial charge in [-0.05, 0) is 50.3 Å². The van der Waals surface area contributed by atoms with Gasteiger partial charge in [0.1, 0.15) is 0 Å². The summed E-state index contributed by atoms with van der Waals surface area (Å²) in [4.78, 5) is 12.6. The van der Waals surface area contributed by atoms with Gasteiger partial charge in [-0.15, -0.1) is 12.4 Å². The highest BCUT2D eigenvalue weighted by atomic mass is 35.5. The molecule has 0 aromatic heterocycles. The molecule has 2 aliphatic rings. The summed E-state index contributed by atoms with van der Waals surface area (Å²) in [6.45, 7) is 3.65. The fourth-order valence-corrected chi connectivity index (χ4v) is 3.50. The summed E-state index contributed by atoms with van der Waals surface area (Å²) in [5.74, 6) is 0.657. The van der Waals surface area contributed by atoms with Crippen LogP contribution in [-0.2, 0) is 9.53 Å². The zero-order valence-corrected chi connectivity index (χ0v) is 14.3. The first-order chi connectivity index (χ1) is 10.8. The molecule has 0 spiro atoms. The molecule has 2 aliphatic heterocycles. The molecule has 3 unspecified atom stereocenters. The summed E-state index contributed by atoms with van der Waals surface area (Å²) in [6, 6.07) is 10.1. The van der Waals surface area contributed by atoms with Crippen molar-refractivity contribution < 1.29 is 9.53 Å². The molecule has 4 nitrogen and oxygen atoms in total. The minimum Gasteiger partial charge on any atom is -0.373 e. The third kappa shape index (κ3) is 4.93. The molecule has 2 fully saturated rings. The Morgan fingerprint density at radius 2 is 2.04 bits per heavy atom. The molecule has 3 atom stereocenters. The van der Waals surface area contributed by atoms with E-state index in [-0.39, 0.29) is 30.3 Å². The van der Waals surface area contributed by atoms with Crippen LogP contribution in [0.2, 0.25) is 0 Å². The highest BCUT2D eigenvalue weighted by Gasteiger charge is 2.33. The van der Waals surface area contributed by atoms with E-state index in [1.807, 2.05) is 18.2 Å². The molecule has 1 amide bonds. The van der Waals surface area contributed by atoms with Crippen LogP contribution >= 0.6 is 12.4 Å². The fourth-order valence-electron chi connectivity index (χ4n) is 3.50. The molecule has 0 saturated carbocycles. The number of piperidine rings is 1. The fraction of sp³-hybridized carbons (Fsp3) is 0.611. The SMILES string of the molecule is Cl.O=C(NCC1CCCNC1)C1CCCOC1c1ccccc1. The Bertz CT molecular complexity index is 477. The number of ether oxygens (including phenoxy) is 1. The zero-order chi connectivity index (χ0) is 15.2. The Kier molecular flexibility index (Phi) is 7.34. The predicted octanol–water partition coefficient (Wildman–Crippen LogP) is 2.69. The van der Waals surface area contributed by atoms with Crippen molar-refractivity contribution in [3.8, 4) is 0 Å². The molecule has 1 aromatic carbocycles. The summed E-state index contributed by atoms with van der Waals surface area (Å²) in [5, 5.41) is 6.56. The number of hydrogen-bond donors (Lipinski definition) is 2. The van der Waals surface area contributed by atoms with Crippen LogP contribution in [0.3, 0.4) is 0 Å². The molecular formula is C18H27ClN2O2. The smallest absolute Gasteiger partial charge is 0.226 e. The standard InChI is InChI=1S/C18H26N2O2.ClH/c21-18(20-13-14-6-4-10-19-12-14)16-9-5-11-22-17(16)15-7-2-1-3-8-15;/h1-3,7-8,14,16-17,19H,4-6,9-13H2,(H,20,21);1H. The minimum absolute atomic E-state index is 0. The largest absolute Gasteiger partial charge is 0.373 e. The van der Waals surface area contributed by atoms with Gasteiger partial charge in [-0.1, -0.05) is 30.3 Å². The maximum atomic E-state index is 12.6. The molecule has 0 radical (unpaired) electrons. The van der Waals surface area contributed by atoms with Crippen LogP contribution in [0.15, 0.2) is 30.3 Å². The number of benzene rings is 1. The van der Waals surface area contributed by atoms with E-state index >= 15 is 0 Å². The van der Waals surface area contributed by atoms with Crippen LogP contribution in [0.25, 0.3) is 0 Å². The third-order valence-corrected chi connectivity index (χ3v) is 4.75. The number of carbonyl (C=O) groups excluding carboxylic acids is 1. The predicted molar refractivity (Wildman–Crippen MR) is 93.7 cm³/mol. The van der Waals surface area contributed by atoms with Gasteiger partial charge >= 0.3 is 0 Å². The van der Waals surface area contributed by atoms with Crippen LogP contribution in [0.1, 0.15) is 37.4 Å². The highest BCUT2D eigenvalue weighted by molar-refractivity contribution is 5.85. The average Bonchev–Trinajstić information content (AvgIpc) is 2.61. The van der Waals surface area contributed by atoms with E-state index in [2.05, 4.69) is 22.8 Å². The first kappa shape index (κ1) is 18.2. The van der Waals surface area contributed by atoms with Crippen molar-refractivity contribution in [2.75, 3.05) is 26.2 Å². The van der Waals surface area contributed by atoms with Crippen molar-refractivity contribution in [3.05, 3.63) is 35.9 Å². The Hall–Kier alpha value is -1.10. The molecule has 5 heteroatoms. The summed E-state index contributed by atoms with van der Waals surface area (Å²) in [5.41, 5.74) is 1.11. The van der Waals surface area contributed by atoms with E-state index < -0.39 is 0 Å². The average molecular weight is 339 g/mol. The van der Waals surface area contributed by atoms with E-state index in [9.17, 15) is 4.79 Å². The third-order valence-electron chi connectivity index (χ3n) is 4.75. The van der Waals surface area contributed by atoms with Gasteiger partial charge in [0.15, 0.2) is 0 Å². The molecule has 0 bridgehead atoms. The van der Waals surface area contributed by atoms with Gasteiger partial charge in [0, 0.05) is 13.2 Å². The van der Waals surface area contributed by atoms with Gasteiger partial charge in [0.05, 0.1) is 12.0 Å². The Labute approximate surface area is 144 Å². The lowest BCUT2D eigenvalue weighted by Crippen LogP contribution is -2.42. The van der Waals surface area contributed by atoms with Crippen LogP contribution in [0.4, 0.5) is 0 Å². The van der Waals surface area contributed by atoms with Gasteiger partial charge in [-0.25, -0.2) is 0 Å².